The summed E-state index contributed by atoms with van der Waals surface area (Å²) in [6, 6.07) is 7.68. The van der Waals surface area contributed by atoms with E-state index in [1.165, 1.54) is 11.5 Å². The molecule has 16 heavy (non-hydrogen) atoms. The lowest BCUT2D eigenvalue weighted by Gasteiger charge is -2.00. The van der Waals surface area contributed by atoms with Crippen LogP contribution in [0.5, 0.6) is 10.9 Å². The molecule has 0 bridgehead atoms. The second kappa shape index (κ2) is 5.41. The molecule has 0 aliphatic heterocycles. The Kier molecular flexibility index (Phi) is 3.90. The summed E-state index contributed by atoms with van der Waals surface area (Å²) in [4.78, 5) is 4.29. The van der Waals surface area contributed by atoms with Gasteiger partial charge in [0.25, 0.3) is 5.19 Å². The number of aromatic nitrogens is 2. The summed E-state index contributed by atoms with van der Waals surface area (Å²) in [5.74, 6) is 1.63. The molecule has 0 N–H and O–H groups in total. The van der Waals surface area contributed by atoms with Gasteiger partial charge in [-0.25, -0.2) is 0 Å². The van der Waals surface area contributed by atoms with Crippen LogP contribution >= 0.6 is 27.5 Å². The zero-order valence-electron chi connectivity index (χ0n) is 8.81. The van der Waals surface area contributed by atoms with Crippen molar-refractivity contribution in [1.29, 1.82) is 0 Å². The number of benzene rings is 1. The predicted molar refractivity (Wildman–Crippen MR) is 68.1 cm³/mol. The quantitative estimate of drug-likeness (QED) is 0.854. The van der Waals surface area contributed by atoms with Gasteiger partial charge in [-0.05, 0) is 24.6 Å². The van der Waals surface area contributed by atoms with Crippen molar-refractivity contribution in [2.45, 2.75) is 19.8 Å². The van der Waals surface area contributed by atoms with E-state index in [9.17, 15) is 0 Å². The number of halogens is 1. The second-order valence-corrected chi connectivity index (χ2v) is 4.92. The molecule has 84 valence electrons. The fourth-order valence-corrected chi connectivity index (χ4v) is 2.21. The molecule has 0 saturated carbocycles. The standard InChI is InChI=1S/C11H11BrN2OS/c1-2-4-10-13-11(16-14-10)15-9-6-3-5-8(12)7-9/h3,5-7H,2,4H2,1H3. The SMILES string of the molecule is CCCc1nsc(Oc2cccc(Br)c2)n1. The van der Waals surface area contributed by atoms with E-state index < -0.39 is 0 Å². The van der Waals surface area contributed by atoms with Crippen molar-refractivity contribution in [2.75, 3.05) is 0 Å². The van der Waals surface area contributed by atoms with Gasteiger partial charge >= 0.3 is 0 Å². The monoisotopic (exact) mass is 298 g/mol. The number of hydrogen-bond donors (Lipinski definition) is 0. The van der Waals surface area contributed by atoms with Crippen LogP contribution in [0.1, 0.15) is 19.2 Å². The molecule has 0 unspecified atom stereocenters. The molecule has 0 spiro atoms. The van der Waals surface area contributed by atoms with Gasteiger partial charge in [0.15, 0.2) is 0 Å². The first kappa shape index (κ1) is 11.5. The van der Waals surface area contributed by atoms with Gasteiger partial charge in [-0.1, -0.05) is 28.9 Å². The Hall–Kier alpha value is -0.940. The van der Waals surface area contributed by atoms with Crippen LogP contribution in [0.3, 0.4) is 0 Å². The highest BCUT2D eigenvalue weighted by molar-refractivity contribution is 9.10. The molecule has 0 aliphatic carbocycles. The van der Waals surface area contributed by atoms with E-state index in [1.807, 2.05) is 24.3 Å². The third-order valence-corrected chi connectivity index (χ3v) is 3.05. The molecular formula is C11H11BrN2OS. The first-order valence-electron chi connectivity index (χ1n) is 5.04. The fraction of sp³-hybridized carbons (Fsp3) is 0.273. The molecule has 2 aromatic rings. The molecule has 5 heteroatoms. The third-order valence-electron chi connectivity index (χ3n) is 1.92. The molecular weight excluding hydrogens is 288 g/mol. The van der Waals surface area contributed by atoms with Gasteiger partial charge < -0.3 is 4.74 Å². The van der Waals surface area contributed by atoms with Crippen LogP contribution in [0.2, 0.25) is 0 Å². The zero-order valence-corrected chi connectivity index (χ0v) is 11.2. The maximum atomic E-state index is 5.60. The summed E-state index contributed by atoms with van der Waals surface area (Å²) in [7, 11) is 0. The van der Waals surface area contributed by atoms with Crippen LogP contribution in [0.15, 0.2) is 28.7 Å². The van der Waals surface area contributed by atoms with Crippen molar-refractivity contribution in [3.63, 3.8) is 0 Å². The smallest absolute Gasteiger partial charge is 0.298 e. The summed E-state index contributed by atoms with van der Waals surface area (Å²) in [6.07, 6.45) is 1.95. The topological polar surface area (TPSA) is 35.0 Å². The molecule has 1 aromatic heterocycles. The van der Waals surface area contributed by atoms with E-state index >= 15 is 0 Å². The third kappa shape index (κ3) is 3.02. The Morgan fingerprint density at radius 2 is 2.31 bits per heavy atom. The van der Waals surface area contributed by atoms with Gasteiger partial charge in [0.05, 0.1) is 0 Å². The summed E-state index contributed by atoms with van der Waals surface area (Å²) in [5, 5.41) is 0.599. The zero-order chi connectivity index (χ0) is 11.4. The van der Waals surface area contributed by atoms with Crippen molar-refractivity contribution in [1.82, 2.24) is 9.36 Å². The highest BCUT2D eigenvalue weighted by Crippen LogP contribution is 2.25. The Morgan fingerprint density at radius 1 is 1.44 bits per heavy atom. The lowest BCUT2D eigenvalue weighted by Crippen LogP contribution is -1.87. The minimum absolute atomic E-state index is 0.599. The molecule has 0 saturated heterocycles. The van der Waals surface area contributed by atoms with Gasteiger partial charge in [-0.15, -0.1) is 0 Å². The summed E-state index contributed by atoms with van der Waals surface area (Å²) in [6.45, 7) is 2.11. The van der Waals surface area contributed by atoms with Crippen molar-refractivity contribution < 1.29 is 4.74 Å². The Bertz CT molecular complexity index is 473. The molecule has 1 heterocycles. The number of hydrogen-bond acceptors (Lipinski definition) is 4. The van der Waals surface area contributed by atoms with E-state index in [0.717, 1.165) is 28.9 Å². The minimum atomic E-state index is 0.599. The summed E-state index contributed by atoms with van der Waals surface area (Å²) in [5.41, 5.74) is 0. The molecule has 0 atom stereocenters. The number of nitrogens with zero attached hydrogens (tertiary/aromatic N) is 2. The predicted octanol–water partition coefficient (Wildman–Crippen LogP) is 4.05. The van der Waals surface area contributed by atoms with Crippen LogP contribution in [0.4, 0.5) is 0 Å². The van der Waals surface area contributed by atoms with Gasteiger partial charge in [0.1, 0.15) is 11.6 Å². The van der Waals surface area contributed by atoms with Crippen molar-refractivity contribution in [3.05, 3.63) is 34.6 Å². The fourth-order valence-electron chi connectivity index (χ4n) is 1.24. The van der Waals surface area contributed by atoms with Crippen molar-refractivity contribution in [2.24, 2.45) is 0 Å². The number of rotatable bonds is 4. The summed E-state index contributed by atoms with van der Waals surface area (Å²) < 4.78 is 10.8. The lowest BCUT2D eigenvalue weighted by molar-refractivity contribution is 0.476. The van der Waals surface area contributed by atoms with Crippen molar-refractivity contribution in [3.8, 4) is 10.9 Å². The highest BCUT2D eigenvalue weighted by atomic mass is 79.9. The first-order chi connectivity index (χ1) is 7.78. The van der Waals surface area contributed by atoms with Crippen LogP contribution in [-0.2, 0) is 6.42 Å². The van der Waals surface area contributed by atoms with Crippen molar-refractivity contribution >= 4 is 27.5 Å². The first-order valence-corrected chi connectivity index (χ1v) is 6.60. The average Bonchev–Trinajstić information content (AvgIpc) is 2.66. The largest absolute Gasteiger partial charge is 0.430 e. The highest BCUT2D eigenvalue weighted by Gasteiger charge is 2.05. The van der Waals surface area contributed by atoms with E-state index in [1.54, 1.807) is 0 Å². The molecule has 3 nitrogen and oxygen atoms in total. The Balaban J connectivity index is 2.08. The molecule has 1 aromatic carbocycles. The van der Waals surface area contributed by atoms with Crippen LogP contribution in [0.25, 0.3) is 0 Å². The van der Waals surface area contributed by atoms with Gasteiger partial charge in [0, 0.05) is 22.4 Å². The molecule has 0 amide bonds. The average molecular weight is 299 g/mol. The number of ether oxygens (including phenoxy) is 1. The molecule has 0 aliphatic rings. The molecule has 0 radical (unpaired) electrons. The van der Waals surface area contributed by atoms with Crippen LogP contribution < -0.4 is 4.74 Å². The molecule has 0 fully saturated rings. The second-order valence-electron chi connectivity index (χ2n) is 3.29. The van der Waals surface area contributed by atoms with Gasteiger partial charge in [-0.3, -0.25) is 0 Å². The minimum Gasteiger partial charge on any atom is -0.430 e. The maximum absolute atomic E-state index is 5.60. The maximum Gasteiger partial charge on any atom is 0.298 e. The Morgan fingerprint density at radius 3 is 3.06 bits per heavy atom. The molecule has 2 rings (SSSR count). The Labute approximate surface area is 107 Å². The van der Waals surface area contributed by atoms with E-state index in [4.69, 9.17) is 4.74 Å². The van der Waals surface area contributed by atoms with Crippen LogP contribution in [-0.4, -0.2) is 9.36 Å². The van der Waals surface area contributed by atoms with Gasteiger partial charge in [0.2, 0.25) is 0 Å². The summed E-state index contributed by atoms with van der Waals surface area (Å²) >= 11 is 4.68. The van der Waals surface area contributed by atoms with E-state index in [2.05, 4.69) is 32.2 Å². The van der Waals surface area contributed by atoms with Gasteiger partial charge in [-0.2, -0.15) is 9.36 Å². The van der Waals surface area contributed by atoms with E-state index in [0.29, 0.717) is 5.19 Å². The van der Waals surface area contributed by atoms with E-state index in [-0.39, 0.29) is 0 Å². The lowest BCUT2D eigenvalue weighted by atomic mass is 10.3. The van der Waals surface area contributed by atoms with Crippen LogP contribution in [0, 0.1) is 0 Å². The normalized spacial score (nSPS) is 10.4. The number of aryl methyl sites for hydroxylation is 1.